The van der Waals surface area contributed by atoms with E-state index >= 15 is 0 Å². The number of fused-ring (bicyclic) bond motifs is 1. The van der Waals surface area contributed by atoms with E-state index in [1.807, 2.05) is 0 Å². The molecule has 0 N–H and O–H groups in total. The smallest absolute Gasteiger partial charge is 0.341 e. The molecule has 1 aromatic carbocycles. The molecule has 1 aliphatic rings. The molecular formula is C10H8F2O2. The average molecular weight is 198 g/mol. The molecule has 0 spiro atoms. The summed E-state index contributed by atoms with van der Waals surface area (Å²) in [5.74, 6) is -1.53. The highest BCUT2D eigenvalue weighted by Gasteiger charge is 2.34. The third-order valence-corrected chi connectivity index (χ3v) is 2.25. The zero-order valence-electron chi connectivity index (χ0n) is 7.46. The molecule has 0 saturated carbocycles. The molecule has 0 bridgehead atoms. The number of hydrogen-bond donors (Lipinski definition) is 0. The lowest BCUT2D eigenvalue weighted by atomic mass is 9.97. The number of carbonyl (C=O) groups is 1. The Balaban J connectivity index is 2.61. The average Bonchev–Trinajstić information content (AvgIpc) is 2.14. The van der Waals surface area contributed by atoms with Gasteiger partial charge in [-0.1, -0.05) is 12.1 Å². The summed E-state index contributed by atoms with van der Waals surface area (Å²) in [6.07, 6.45) is -2.30. The van der Waals surface area contributed by atoms with Crippen molar-refractivity contribution in [3.8, 4) is 0 Å². The number of carbonyl (C=O) groups excluding carboxylic acids is 1. The molecular weight excluding hydrogens is 190 g/mol. The molecule has 1 heterocycles. The predicted molar refractivity (Wildman–Crippen MR) is 45.1 cm³/mol. The van der Waals surface area contributed by atoms with Gasteiger partial charge >= 0.3 is 5.97 Å². The summed E-state index contributed by atoms with van der Waals surface area (Å²) < 4.78 is 31.3. The maximum Gasteiger partial charge on any atom is 0.341 e. The summed E-state index contributed by atoms with van der Waals surface area (Å²) in [4.78, 5) is 11.2. The number of esters is 1. The Morgan fingerprint density at radius 3 is 2.86 bits per heavy atom. The Kier molecular flexibility index (Phi) is 1.98. The Morgan fingerprint density at radius 1 is 1.43 bits per heavy atom. The van der Waals surface area contributed by atoms with Gasteiger partial charge in [-0.25, -0.2) is 13.6 Å². The molecule has 14 heavy (non-hydrogen) atoms. The normalized spacial score (nSPS) is 25.5. The van der Waals surface area contributed by atoms with Crippen LogP contribution >= 0.6 is 0 Å². The van der Waals surface area contributed by atoms with Crippen molar-refractivity contribution in [3.63, 3.8) is 0 Å². The molecule has 2 atom stereocenters. The van der Waals surface area contributed by atoms with Crippen LogP contribution in [0.15, 0.2) is 18.2 Å². The first-order chi connectivity index (χ1) is 6.61. The molecule has 1 aromatic rings. The Labute approximate surface area is 79.5 Å². The number of halogens is 2. The van der Waals surface area contributed by atoms with E-state index in [0.29, 0.717) is 0 Å². The minimum atomic E-state index is -1.45. The first kappa shape index (κ1) is 9.12. The second-order valence-electron chi connectivity index (χ2n) is 3.22. The fourth-order valence-corrected chi connectivity index (χ4v) is 1.53. The van der Waals surface area contributed by atoms with Crippen LogP contribution in [0.1, 0.15) is 29.0 Å². The van der Waals surface area contributed by atoms with Crippen molar-refractivity contribution >= 4 is 5.97 Å². The number of alkyl halides is 1. The van der Waals surface area contributed by atoms with Crippen LogP contribution in [0.5, 0.6) is 0 Å². The molecule has 0 aliphatic carbocycles. The van der Waals surface area contributed by atoms with Crippen molar-refractivity contribution in [1.82, 2.24) is 0 Å². The van der Waals surface area contributed by atoms with Crippen LogP contribution in [-0.4, -0.2) is 12.1 Å². The van der Waals surface area contributed by atoms with E-state index in [9.17, 15) is 13.6 Å². The highest BCUT2D eigenvalue weighted by Crippen LogP contribution is 2.33. The van der Waals surface area contributed by atoms with Crippen LogP contribution < -0.4 is 0 Å². The predicted octanol–water partition coefficient (Wildman–Crippen LogP) is 2.40. The van der Waals surface area contributed by atoms with E-state index in [1.54, 1.807) is 0 Å². The summed E-state index contributed by atoms with van der Waals surface area (Å²) in [6, 6.07) is 3.90. The summed E-state index contributed by atoms with van der Waals surface area (Å²) in [5, 5.41) is 0. The van der Waals surface area contributed by atoms with Crippen LogP contribution in [0, 0.1) is 5.82 Å². The lowest BCUT2D eigenvalue weighted by Crippen LogP contribution is -2.28. The monoisotopic (exact) mass is 198 g/mol. The lowest BCUT2D eigenvalue weighted by Gasteiger charge is -2.25. The fraction of sp³-hybridized carbons (Fsp3) is 0.300. The molecule has 0 fully saturated rings. The molecule has 1 aliphatic heterocycles. The van der Waals surface area contributed by atoms with Crippen molar-refractivity contribution in [1.29, 1.82) is 0 Å². The van der Waals surface area contributed by atoms with Crippen molar-refractivity contribution < 1.29 is 18.3 Å². The molecule has 74 valence electrons. The van der Waals surface area contributed by atoms with Gasteiger partial charge in [-0.3, -0.25) is 0 Å². The number of hydrogen-bond acceptors (Lipinski definition) is 2. The molecule has 4 heteroatoms. The molecule has 0 radical (unpaired) electrons. The summed E-state index contributed by atoms with van der Waals surface area (Å²) in [7, 11) is 0. The van der Waals surface area contributed by atoms with E-state index in [4.69, 9.17) is 0 Å². The van der Waals surface area contributed by atoms with Crippen molar-refractivity contribution in [2.24, 2.45) is 0 Å². The second-order valence-corrected chi connectivity index (χ2v) is 3.22. The first-order valence-electron chi connectivity index (χ1n) is 4.24. The second kappa shape index (κ2) is 3.04. The maximum atomic E-state index is 13.5. The van der Waals surface area contributed by atoms with E-state index in [0.717, 1.165) is 6.07 Å². The van der Waals surface area contributed by atoms with E-state index < -0.39 is 24.1 Å². The topological polar surface area (TPSA) is 26.3 Å². The molecule has 0 unspecified atom stereocenters. The van der Waals surface area contributed by atoms with Crippen LogP contribution in [0.2, 0.25) is 0 Å². The van der Waals surface area contributed by atoms with E-state index in [-0.39, 0.29) is 11.1 Å². The maximum absolute atomic E-state index is 13.5. The van der Waals surface area contributed by atoms with Crippen molar-refractivity contribution in [2.45, 2.75) is 19.2 Å². The third kappa shape index (κ3) is 1.18. The van der Waals surface area contributed by atoms with Gasteiger partial charge in [0.1, 0.15) is 17.5 Å². The standard InChI is InChI=1S/C10H8F2O2/c1-5-9(12)6-3-2-4-7(11)8(6)10(13)14-5/h2-5,9H,1H3/t5-,9+/m0/s1. The Hall–Kier alpha value is -1.45. The highest BCUT2D eigenvalue weighted by atomic mass is 19.1. The number of ether oxygens (including phenoxy) is 1. The van der Waals surface area contributed by atoms with Crippen LogP contribution in [0.3, 0.4) is 0 Å². The van der Waals surface area contributed by atoms with Gasteiger partial charge in [0.2, 0.25) is 0 Å². The summed E-state index contributed by atoms with van der Waals surface area (Å²) in [5.41, 5.74) is -0.202. The first-order valence-corrected chi connectivity index (χ1v) is 4.24. The van der Waals surface area contributed by atoms with Gasteiger partial charge < -0.3 is 4.74 Å². The highest BCUT2D eigenvalue weighted by molar-refractivity contribution is 5.92. The number of rotatable bonds is 0. The summed E-state index contributed by atoms with van der Waals surface area (Å²) >= 11 is 0. The van der Waals surface area contributed by atoms with Gasteiger partial charge in [-0.2, -0.15) is 0 Å². The zero-order valence-corrected chi connectivity index (χ0v) is 7.46. The zero-order chi connectivity index (χ0) is 10.3. The molecule has 0 saturated heterocycles. The van der Waals surface area contributed by atoms with E-state index in [2.05, 4.69) is 4.74 Å². The van der Waals surface area contributed by atoms with Crippen molar-refractivity contribution in [3.05, 3.63) is 35.1 Å². The van der Waals surface area contributed by atoms with Gasteiger partial charge in [0.15, 0.2) is 6.17 Å². The SMILES string of the molecule is C[C@@H]1OC(=O)c2c(F)cccc2[C@@H]1F. The minimum Gasteiger partial charge on any atom is -0.456 e. The van der Waals surface area contributed by atoms with Gasteiger partial charge in [0, 0.05) is 5.56 Å². The third-order valence-electron chi connectivity index (χ3n) is 2.25. The van der Waals surface area contributed by atoms with Gasteiger partial charge in [-0.05, 0) is 13.0 Å². The Bertz CT molecular complexity index is 390. The molecule has 2 nitrogen and oxygen atoms in total. The fourth-order valence-electron chi connectivity index (χ4n) is 1.53. The minimum absolute atomic E-state index is 0.0775. The molecule has 0 amide bonds. The van der Waals surface area contributed by atoms with Gasteiger partial charge in [0.05, 0.1) is 0 Å². The molecule has 0 aromatic heterocycles. The van der Waals surface area contributed by atoms with Gasteiger partial charge in [-0.15, -0.1) is 0 Å². The summed E-state index contributed by atoms with van der Waals surface area (Å²) in [6.45, 7) is 1.44. The van der Waals surface area contributed by atoms with Crippen LogP contribution in [0.25, 0.3) is 0 Å². The quantitative estimate of drug-likeness (QED) is 0.598. The molecule has 2 rings (SSSR count). The Morgan fingerprint density at radius 2 is 2.14 bits per heavy atom. The largest absolute Gasteiger partial charge is 0.456 e. The van der Waals surface area contributed by atoms with Crippen LogP contribution in [-0.2, 0) is 4.74 Å². The van der Waals surface area contributed by atoms with E-state index in [1.165, 1.54) is 19.1 Å². The number of benzene rings is 1. The van der Waals surface area contributed by atoms with Gasteiger partial charge in [0.25, 0.3) is 0 Å². The van der Waals surface area contributed by atoms with Crippen molar-refractivity contribution in [2.75, 3.05) is 0 Å². The van der Waals surface area contributed by atoms with Crippen LogP contribution in [0.4, 0.5) is 8.78 Å². The number of cyclic esters (lactones) is 1. The lowest BCUT2D eigenvalue weighted by molar-refractivity contribution is 0.00324.